The zero-order valence-electron chi connectivity index (χ0n) is 10.3. The summed E-state index contributed by atoms with van der Waals surface area (Å²) in [7, 11) is 1.78. The fourth-order valence-corrected chi connectivity index (χ4v) is 1.36. The van der Waals surface area contributed by atoms with Crippen LogP contribution in [0.1, 0.15) is 12.5 Å². The van der Waals surface area contributed by atoms with E-state index in [1.807, 2.05) is 13.0 Å². The Hall–Kier alpha value is -1.82. The van der Waals surface area contributed by atoms with E-state index in [1.54, 1.807) is 24.2 Å². The first-order valence-corrected chi connectivity index (χ1v) is 5.81. The molecule has 0 fully saturated rings. The highest BCUT2D eigenvalue weighted by Gasteiger charge is 2.07. The summed E-state index contributed by atoms with van der Waals surface area (Å²) in [5.41, 5.74) is 0.901. The van der Waals surface area contributed by atoms with Crippen LogP contribution in [0, 0.1) is 10.1 Å². The molecule has 0 saturated heterocycles. The lowest BCUT2D eigenvalue weighted by molar-refractivity contribution is -0.404. The Morgan fingerprint density at radius 3 is 2.89 bits per heavy atom. The summed E-state index contributed by atoms with van der Waals surface area (Å²) in [6.07, 6.45) is 2.58. The molecule has 7 heteroatoms. The molecular weight excluding hydrogens is 256 g/mol. The van der Waals surface area contributed by atoms with Crippen LogP contribution in [-0.4, -0.2) is 28.4 Å². The van der Waals surface area contributed by atoms with Crippen molar-refractivity contribution >= 4 is 11.6 Å². The lowest BCUT2D eigenvalue weighted by atomic mass is 10.3. The maximum Gasteiger partial charge on any atom is 0.274 e. The molecule has 1 aromatic heterocycles. The number of hydrogen-bond acceptors (Lipinski definition) is 5. The van der Waals surface area contributed by atoms with Crippen molar-refractivity contribution in [1.82, 2.24) is 15.2 Å². The number of pyridine rings is 1. The Kier molecular flexibility index (Phi) is 5.38. The Morgan fingerprint density at radius 1 is 1.67 bits per heavy atom. The fourth-order valence-electron chi connectivity index (χ4n) is 1.25. The molecule has 0 radical (unpaired) electrons. The number of nitrogens with one attached hydrogen (secondary N) is 1. The number of aromatic nitrogens is 1. The van der Waals surface area contributed by atoms with Crippen molar-refractivity contribution in [3.63, 3.8) is 0 Å². The predicted molar refractivity (Wildman–Crippen MR) is 69.5 cm³/mol. The summed E-state index contributed by atoms with van der Waals surface area (Å²) in [5, 5.41) is 13.9. The second-order valence-corrected chi connectivity index (χ2v) is 4.04. The van der Waals surface area contributed by atoms with Crippen molar-refractivity contribution in [3.8, 4) is 0 Å². The van der Waals surface area contributed by atoms with Gasteiger partial charge in [-0.3, -0.25) is 10.1 Å². The van der Waals surface area contributed by atoms with E-state index in [-0.39, 0.29) is 0 Å². The van der Waals surface area contributed by atoms with E-state index in [9.17, 15) is 10.1 Å². The van der Waals surface area contributed by atoms with E-state index in [1.165, 1.54) is 0 Å². The molecule has 1 N–H and O–H groups in total. The second-order valence-electron chi connectivity index (χ2n) is 3.66. The maximum atomic E-state index is 10.5. The summed E-state index contributed by atoms with van der Waals surface area (Å²) in [6.45, 7) is 3.04. The average molecular weight is 271 g/mol. The van der Waals surface area contributed by atoms with Crippen LogP contribution in [0.25, 0.3) is 0 Å². The summed E-state index contributed by atoms with van der Waals surface area (Å²) in [6, 6.07) is 3.50. The van der Waals surface area contributed by atoms with Crippen molar-refractivity contribution in [2.75, 3.05) is 13.6 Å². The van der Waals surface area contributed by atoms with E-state index >= 15 is 0 Å². The van der Waals surface area contributed by atoms with Crippen LogP contribution in [0.15, 0.2) is 30.4 Å². The van der Waals surface area contributed by atoms with Crippen LogP contribution in [0.4, 0.5) is 0 Å². The molecule has 6 nitrogen and oxygen atoms in total. The molecule has 0 bridgehead atoms. The summed E-state index contributed by atoms with van der Waals surface area (Å²) in [5.74, 6) is 0.456. The summed E-state index contributed by atoms with van der Waals surface area (Å²) in [4.78, 5) is 15.7. The minimum absolute atomic E-state index is 0.422. The molecule has 0 aliphatic heterocycles. The van der Waals surface area contributed by atoms with Crippen molar-refractivity contribution in [3.05, 3.63) is 51.2 Å². The number of hydrogen-bond donors (Lipinski definition) is 1. The van der Waals surface area contributed by atoms with Crippen LogP contribution in [0.2, 0.25) is 5.15 Å². The Morgan fingerprint density at radius 2 is 2.39 bits per heavy atom. The van der Waals surface area contributed by atoms with Gasteiger partial charge >= 0.3 is 0 Å². The van der Waals surface area contributed by atoms with Crippen molar-refractivity contribution in [2.24, 2.45) is 0 Å². The molecule has 0 aliphatic carbocycles. The highest BCUT2D eigenvalue weighted by atomic mass is 35.5. The molecule has 0 aromatic carbocycles. The zero-order chi connectivity index (χ0) is 13.5. The molecule has 1 rings (SSSR count). The van der Waals surface area contributed by atoms with E-state index in [2.05, 4.69) is 10.3 Å². The van der Waals surface area contributed by atoms with Gasteiger partial charge in [0.2, 0.25) is 0 Å². The van der Waals surface area contributed by atoms with Gasteiger partial charge in [0.25, 0.3) is 6.20 Å². The normalized spacial score (nSPS) is 11.2. The molecule has 0 unspecified atom stereocenters. The van der Waals surface area contributed by atoms with Crippen LogP contribution in [0.5, 0.6) is 0 Å². The third kappa shape index (κ3) is 4.58. The van der Waals surface area contributed by atoms with Gasteiger partial charge in [-0.2, -0.15) is 0 Å². The third-order valence-electron chi connectivity index (χ3n) is 2.38. The van der Waals surface area contributed by atoms with E-state index in [0.29, 0.717) is 24.1 Å². The Labute approximate surface area is 110 Å². The molecule has 0 spiro atoms. The van der Waals surface area contributed by atoms with Crippen molar-refractivity contribution in [1.29, 1.82) is 0 Å². The summed E-state index contributed by atoms with van der Waals surface area (Å²) >= 11 is 5.68. The second kappa shape index (κ2) is 6.80. The lowest BCUT2D eigenvalue weighted by Crippen LogP contribution is -2.29. The maximum absolute atomic E-state index is 10.5. The van der Waals surface area contributed by atoms with Crippen molar-refractivity contribution in [2.45, 2.75) is 13.5 Å². The summed E-state index contributed by atoms with van der Waals surface area (Å²) < 4.78 is 0. The Balaban J connectivity index is 2.68. The highest BCUT2D eigenvalue weighted by Crippen LogP contribution is 2.06. The number of rotatable bonds is 6. The van der Waals surface area contributed by atoms with Crippen LogP contribution in [0.3, 0.4) is 0 Å². The third-order valence-corrected chi connectivity index (χ3v) is 2.60. The van der Waals surface area contributed by atoms with Crippen molar-refractivity contribution < 1.29 is 4.92 Å². The molecule has 1 aromatic rings. The predicted octanol–water partition coefficient (Wildman–Crippen LogP) is 1.85. The van der Waals surface area contributed by atoms with Crippen LogP contribution in [-0.2, 0) is 6.54 Å². The number of nitro groups is 1. The average Bonchev–Trinajstić information content (AvgIpc) is 2.35. The zero-order valence-corrected chi connectivity index (χ0v) is 11.0. The first-order valence-electron chi connectivity index (χ1n) is 5.43. The van der Waals surface area contributed by atoms with Gasteiger partial charge in [0.1, 0.15) is 5.15 Å². The van der Waals surface area contributed by atoms with E-state index < -0.39 is 4.92 Å². The molecule has 1 heterocycles. The first kappa shape index (κ1) is 14.2. The van der Waals surface area contributed by atoms with Gasteiger partial charge in [0.05, 0.1) is 4.92 Å². The quantitative estimate of drug-likeness (QED) is 0.485. The smallest absolute Gasteiger partial charge is 0.274 e. The van der Waals surface area contributed by atoms with Crippen LogP contribution >= 0.6 is 11.6 Å². The van der Waals surface area contributed by atoms with E-state index in [4.69, 9.17) is 11.6 Å². The standard InChI is InChI=1S/C11H15ClN4O2/c1-3-15(2)11(8-16(17)18)14-7-9-4-5-10(12)13-6-9/h4-6,8,14H,3,7H2,1-2H3/b11-8-. The molecule has 0 atom stereocenters. The van der Waals surface area contributed by atoms with Gasteiger partial charge < -0.3 is 10.2 Å². The molecule has 18 heavy (non-hydrogen) atoms. The number of nitrogens with zero attached hydrogens (tertiary/aromatic N) is 3. The minimum Gasteiger partial charge on any atom is -0.362 e. The number of halogens is 1. The monoisotopic (exact) mass is 270 g/mol. The first-order chi connectivity index (χ1) is 8.52. The molecule has 0 aliphatic rings. The highest BCUT2D eigenvalue weighted by molar-refractivity contribution is 6.29. The molecule has 98 valence electrons. The Bertz CT molecular complexity index is 433. The molecule has 0 amide bonds. The van der Waals surface area contributed by atoms with Gasteiger partial charge in [0.15, 0.2) is 5.82 Å². The van der Waals surface area contributed by atoms with Gasteiger partial charge in [-0.1, -0.05) is 17.7 Å². The van der Waals surface area contributed by atoms with Gasteiger partial charge in [-0.15, -0.1) is 0 Å². The fraction of sp³-hybridized carbons (Fsp3) is 0.364. The van der Waals surface area contributed by atoms with E-state index in [0.717, 1.165) is 11.8 Å². The molecule has 0 saturated carbocycles. The van der Waals surface area contributed by atoms with Crippen LogP contribution < -0.4 is 5.32 Å². The lowest BCUT2D eigenvalue weighted by Gasteiger charge is -2.19. The minimum atomic E-state index is -0.478. The topological polar surface area (TPSA) is 71.3 Å². The SMILES string of the molecule is CCN(C)/C(=C\[N+](=O)[O-])NCc1ccc(Cl)nc1. The van der Waals surface area contributed by atoms with Gasteiger partial charge in [0, 0.05) is 26.3 Å². The van der Waals surface area contributed by atoms with Gasteiger partial charge in [-0.05, 0) is 18.6 Å². The van der Waals surface area contributed by atoms with Gasteiger partial charge in [-0.25, -0.2) is 4.98 Å². The molecular formula is C11H15ClN4O2. The largest absolute Gasteiger partial charge is 0.362 e.